The molecule has 0 bridgehead atoms. The molecule has 14 heavy (non-hydrogen) atoms. The molecule has 0 spiro atoms. The minimum Gasteiger partial charge on any atom is -0.497 e. The summed E-state index contributed by atoms with van der Waals surface area (Å²) in [7, 11) is 1.70. The fraction of sp³-hybridized carbons (Fsp3) is 0.333. The average Bonchev–Trinajstić information content (AvgIpc) is 2.20. The monoisotopic (exact) mass is 189 g/mol. The molecule has 1 aromatic rings. The standard InChI is InChI=1S/C12H15NO/c1-3-13-8-10-6-9-4-5-11(14-2)7-12(9)10/h4-7,13H,3,8H2,1-2H3. The van der Waals surface area contributed by atoms with E-state index in [2.05, 4.69) is 30.4 Å². The Morgan fingerprint density at radius 2 is 2.21 bits per heavy atom. The Hall–Kier alpha value is -1.28. The molecule has 1 N–H and O–H groups in total. The van der Waals surface area contributed by atoms with Crippen molar-refractivity contribution >= 4 is 11.6 Å². The Bertz CT molecular complexity index is 369. The van der Waals surface area contributed by atoms with Crippen molar-refractivity contribution in [1.82, 2.24) is 5.32 Å². The summed E-state index contributed by atoms with van der Waals surface area (Å²) >= 11 is 0. The molecule has 0 fully saturated rings. The molecule has 1 aromatic carbocycles. The molecule has 0 saturated heterocycles. The quantitative estimate of drug-likeness (QED) is 0.783. The molecule has 2 heteroatoms. The molecule has 1 aliphatic rings. The highest BCUT2D eigenvalue weighted by molar-refractivity contribution is 5.96. The van der Waals surface area contributed by atoms with Crippen LogP contribution in [0.4, 0.5) is 0 Å². The van der Waals surface area contributed by atoms with Crippen molar-refractivity contribution in [3.05, 3.63) is 29.3 Å². The van der Waals surface area contributed by atoms with Gasteiger partial charge in [-0.15, -0.1) is 0 Å². The van der Waals surface area contributed by atoms with Gasteiger partial charge < -0.3 is 10.1 Å². The molecule has 0 heterocycles. The summed E-state index contributed by atoms with van der Waals surface area (Å²) in [5.74, 6) is 0.936. The second kappa shape index (κ2) is 3.84. The molecular weight excluding hydrogens is 174 g/mol. The highest BCUT2D eigenvalue weighted by Crippen LogP contribution is 2.34. The van der Waals surface area contributed by atoms with Crippen LogP contribution in [0.5, 0.6) is 5.75 Å². The number of fused-ring (bicyclic) bond motifs is 1. The maximum atomic E-state index is 5.19. The molecule has 0 saturated carbocycles. The molecule has 0 unspecified atom stereocenters. The lowest BCUT2D eigenvalue weighted by Crippen LogP contribution is -2.18. The Labute approximate surface area is 84.6 Å². The summed E-state index contributed by atoms with van der Waals surface area (Å²) < 4.78 is 5.19. The van der Waals surface area contributed by atoms with E-state index in [1.54, 1.807) is 7.11 Å². The van der Waals surface area contributed by atoms with E-state index in [0.29, 0.717) is 0 Å². The van der Waals surface area contributed by atoms with Crippen LogP contribution in [0.15, 0.2) is 18.2 Å². The van der Waals surface area contributed by atoms with Gasteiger partial charge in [-0.25, -0.2) is 0 Å². The number of benzene rings is 1. The van der Waals surface area contributed by atoms with Gasteiger partial charge in [0.2, 0.25) is 0 Å². The van der Waals surface area contributed by atoms with Crippen molar-refractivity contribution in [3.63, 3.8) is 0 Å². The van der Waals surface area contributed by atoms with Gasteiger partial charge in [0.25, 0.3) is 0 Å². The van der Waals surface area contributed by atoms with E-state index in [1.165, 1.54) is 16.7 Å². The van der Waals surface area contributed by atoms with Crippen molar-refractivity contribution in [1.29, 1.82) is 0 Å². The van der Waals surface area contributed by atoms with Gasteiger partial charge in [0.15, 0.2) is 0 Å². The molecule has 2 rings (SSSR count). The smallest absolute Gasteiger partial charge is 0.119 e. The first-order valence-electron chi connectivity index (χ1n) is 4.95. The molecule has 1 aliphatic carbocycles. The maximum Gasteiger partial charge on any atom is 0.119 e. The summed E-state index contributed by atoms with van der Waals surface area (Å²) in [4.78, 5) is 0. The van der Waals surface area contributed by atoms with Crippen LogP contribution in [-0.2, 0) is 0 Å². The first-order valence-corrected chi connectivity index (χ1v) is 4.95. The Morgan fingerprint density at radius 3 is 2.93 bits per heavy atom. The predicted molar refractivity (Wildman–Crippen MR) is 59.4 cm³/mol. The third-order valence-electron chi connectivity index (χ3n) is 2.50. The van der Waals surface area contributed by atoms with Gasteiger partial charge in [0.05, 0.1) is 7.11 Å². The number of ether oxygens (including phenoxy) is 1. The van der Waals surface area contributed by atoms with Crippen molar-refractivity contribution in [2.75, 3.05) is 20.2 Å². The molecule has 0 radical (unpaired) electrons. The number of hydrogen-bond acceptors (Lipinski definition) is 2. The van der Waals surface area contributed by atoms with Crippen molar-refractivity contribution in [2.24, 2.45) is 0 Å². The van der Waals surface area contributed by atoms with Crippen molar-refractivity contribution in [2.45, 2.75) is 6.92 Å². The van der Waals surface area contributed by atoms with E-state index in [9.17, 15) is 0 Å². The number of methoxy groups -OCH3 is 1. The molecule has 2 nitrogen and oxygen atoms in total. The van der Waals surface area contributed by atoms with E-state index < -0.39 is 0 Å². The minimum atomic E-state index is 0.936. The summed E-state index contributed by atoms with van der Waals surface area (Å²) in [6.45, 7) is 4.08. The lowest BCUT2D eigenvalue weighted by molar-refractivity contribution is 0.414. The lowest BCUT2D eigenvalue weighted by atomic mass is 9.88. The Balaban J connectivity index is 2.12. The normalized spacial score (nSPS) is 12.9. The predicted octanol–water partition coefficient (Wildman–Crippen LogP) is 2.16. The first kappa shape index (κ1) is 9.28. The van der Waals surface area contributed by atoms with Gasteiger partial charge in [-0.1, -0.05) is 13.0 Å². The summed E-state index contributed by atoms with van der Waals surface area (Å²) in [5, 5.41) is 3.32. The van der Waals surface area contributed by atoms with E-state index in [-0.39, 0.29) is 0 Å². The summed E-state index contributed by atoms with van der Waals surface area (Å²) in [6, 6.07) is 6.20. The fourth-order valence-corrected chi connectivity index (χ4v) is 1.66. The Morgan fingerprint density at radius 1 is 1.36 bits per heavy atom. The highest BCUT2D eigenvalue weighted by atomic mass is 16.5. The van der Waals surface area contributed by atoms with Crippen LogP contribution < -0.4 is 10.1 Å². The summed E-state index contributed by atoms with van der Waals surface area (Å²) in [6.07, 6.45) is 2.22. The van der Waals surface area contributed by atoms with E-state index in [4.69, 9.17) is 4.74 Å². The van der Waals surface area contributed by atoms with Crippen molar-refractivity contribution in [3.8, 4) is 5.75 Å². The van der Waals surface area contributed by atoms with Crippen LogP contribution in [0.1, 0.15) is 18.1 Å². The zero-order chi connectivity index (χ0) is 9.97. The number of hydrogen-bond donors (Lipinski definition) is 1. The van der Waals surface area contributed by atoms with Crippen LogP contribution >= 0.6 is 0 Å². The lowest BCUT2D eigenvalue weighted by Gasteiger charge is -2.20. The third kappa shape index (κ3) is 1.53. The third-order valence-corrected chi connectivity index (χ3v) is 2.50. The maximum absolute atomic E-state index is 5.19. The van der Waals surface area contributed by atoms with E-state index in [0.717, 1.165) is 18.8 Å². The SMILES string of the molecule is CCNCC1=Cc2ccc(OC)cc21. The van der Waals surface area contributed by atoms with Gasteiger partial charge in [0, 0.05) is 6.54 Å². The fourth-order valence-electron chi connectivity index (χ4n) is 1.66. The molecule has 0 aromatic heterocycles. The van der Waals surface area contributed by atoms with E-state index in [1.807, 2.05) is 6.07 Å². The minimum absolute atomic E-state index is 0.936. The number of likely N-dealkylation sites (N-methyl/N-ethyl adjacent to an activating group) is 1. The second-order valence-electron chi connectivity index (χ2n) is 3.40. The van der Waals surface area contributed by atoms with Gasteiger partial charge in [-0.2, -0.15) is 0 Å². The zero-order valence-electron chi connectivity index (χ0n) is 8.63. The number of nitrogens with one attached hydrogen (secondary N) is 1. The van der Waals surface area contributed by atoms with Crippen LogP contribution in [-0.4, -0.2) is 20.2 Å². The topological polar surface area (TPSA) is 21.3 Å². The largest absolute Gasteiger partial charge is 0.497 e. The van der Waals surface area contributed by atoms with E-state index >= 15 is 0 Å². The molecule has 74 valence electrons. The number of rotatable bonds is 4. The molecule has 0 aliphatic heterocycles. The van der Waals surface area contributed by atoms with Gasteiger partial charge in [0.1, 0.15) is 5.75 Å². The Kier molecular flexibility index (Phi) is 2.55. The van der Waals surface area contributed by atoms with Gasteiger partial charge >= 0.3 is 0 Å². The highest BCUT2D eigenvalue weighted by Gasteiger charge is 2.15. The first-order chi connectivity index (χ1) is 6.85. The van der Waals surface area contributed by atoms with Crippen LogP contribution in [0.2, 0.25) is 0 Å². The molecule has 0 amide bonds. The zero-order valence-corrected chi connectivity index (χ0v) is 8.63. The van der Waals surface area contributed by atoms with Crippen molar-refractivity contribution < 1.29 is 4.74 Å². The molecular formula is C12H15NO. The molecule has 0 atom stereocenters. The van der Waals surface area contributed by atoms with Crippen LogP contribution in [0.25, 0.3) is 11.6 Å². The van der Waals surface area contributed by atoms with Crippen LogP contribution in [0, 0.1) is 0 Å². The van der Waals surface area contributed by atoms with Gasteiger partial charge in [-0.3, -0.25) is 0 Å². The average molecular weight is 189 g/mol. The van der Waals surface area contributed by atoms with Crippen LogP contribution in [0.3, 0.4) is 0 Å². The summed E-state index contributed by atoms with van der Waals surface area (Å²) in [5.41, 5.74) is 4.02. The van der Waals surface area contributed by atoms with Gasteiger partial charge in [-0.05, 0) is 41.5 Å². The second-order valence-corrected chi connectivity index (χ2v) is 3.40.